The zero-order valence-corrected chi connectivity index (χ0v) is 11.5. The molecule has 0 aliphatic carbocycles. The summed E-state index contributed by atoms with van der Waals surface area (Å²) in [6.07, 6.45) is 1.60. The molecule has 0 bridgehead atoms. The molecule has 6 nitrogen and oxygen atoms in total. The van der Waals surface area contributed by atoms with Gasteiger partial charge in [-0.05, 0) is 37.1 Å². The summed E-state index contributed by atoms with van der Waals surface area (Å²) < 4.78 is 5.07. The van der Waals surface area contributed by atoms with Crippen molar-refractivity contribution in [1.29, 1.82) is 0 Å². The van der Waals surface area contributed by atoms with Gasteiger partial charge in [0.1, 0.15) is 11.8 Å². The molecule has 20 heavy (non-hydrogen) atoms. The number of carboxylic acids is 1. The minimum Gasteiger partial charge on any atom is -0.497 e. The van der Waals surface area contributed by atoms with Crippen LogP contribution in [0.1, 0.15) is 12.0 Å². The standard InChI is InChI=1S/C14H18N2O4/c1-4-5-12(13(17)18)16-14(19)15-11-7-6-10(20-3)8-9(11)2/h4,6-8,12H,1,5H2,2-3H3,(H,17,18)(H2,15,16,19). The van der Waals surface area contributed by atoms with Crippen LogP contribution in [0.3, 0.4) is 0 Å². The Labute approximate surface area is 117 Å². The largest absolute Gasteiger partial charge is 0.497 e. The van der Waals surface area contributed by atoms with Crippen LogP contribution in [-0.4, -0.2) is 30.3 Å². The summed E-state index contributed by atoms with van der Waals surface area (Å²) in [7, 11) is 1.56. The topological polar surface area (TPSA) is 87.7 Å². The Morgan fingerprint density at radius 3 is 2.70 bits per heavy atom. The third-order valence-corrected chi connectivity index (χ3v) is 2.69. The molecule has 3 N–H and O–H groups in total. The number of rotatable bonds is 6. The fraction of sp³-hybridized carbons (Fsp3) is 0.286. The number of aryl methyl sites for hydroxylation is 1. The molecule has 0 aliphatic rings. The first-order valence-electron chi connectivity index (χ1n) is 6.03. The SMILES string of the molecule is C=CCC(NC(=O)Nc1ccc(OC)cc1C)C(=O)O. The van der Waals surface area contributed by atoms with Crippen molar-refractivity contribution < 1.29 is 19.4 Å². The molecule has 0 spiro atoms. The van der Waals surface area contributed by atoms with Crippen LogP contribution in [-0.2, 0) is 4.79 Å². The highest BCUT2D eigenvalue weighted by Crippen LogP contribution is 2.20. The molecule has 0 aromatic heterocycles. The molecule has 1 aromatic rings. The maximum atomic E-state index is 11.8. The van der Waals surface area contributed by atoms with Crippen molar-refractivity contribution in [2.45, 2.75) is 19.4 Å². The minimum absolute atomic E-state index is 0.157. The summed E-state index contributed by atoms with van der Waals surface area (Å²) in [5, 5.41) is 13.9. The fourth-order valence-corrected chi connectivity index (χ4v) is 1.61. The van der Waals surface area contributed by atoms with Crippen molar-refractivity contribution >= 4 is 17.7 Å². The van der Waals surface area contributed by atoms with Gasteiger partial charge in [-0.15, -0.1) is 6.58 Å². The molecule has 0 saturated carbocycles. The average molecular weight is 278 g/mol. The lowest BCUT2D eigenvalue weighted by Gasteiger charge is -2.15. The van der Waals surface area contributed by atoms with Gasteiger partial charge >= 0.3 is 12.0 Å². The van der Waals surface area contributed by atoms with E-state index in [9.17, 15) is 9.59 Å². The summed E-state index contributed by atoms with van der Waals surface area (Å²) in [5.41, 5.74) is 1.40. The molecular formula is C14H18N2O4. The average Bonchev–Trinajstić information content (AvgIpc) is 2.40. The van der Waals surface area contributed by atoms with E-state index >= 15 is 0 Å². The summed E-state index contributed by atoms with van der Waals surface area (Å²) >= 11 is 0. The second-order valence-corrected chi connectivity index (χ2v) is 4.19. The summed E-state index contributed by atoms with van der Waals surface area (Å²) in [6, 6.07) is 3.60. The number of urea groups is 1. The number of ether oxygens (including phenoxy) is 1. The highest BCUT2D eigenvalue weighted by Gasteiger charge is 2.18. The summed E-state index contributed by atoms with van der Waals surface area (Å²) in [6.45, 7) is 5.27. The highest BCUT2D eigenvalue weighted by atomic mass is 16.5. The maximum absolute atomic E-state index is 11.8. The number of nitrogens with one attached hydrogen (secondary N) is 2. The number of carboxylic acid groups (broad SMARTS) is 1. The zero-order valence-electron chi connectivity index (χ0n) is 11.5. The first kappa shape index (κ1) is 15.6. The fourth-order valence-electron chi connectivity index (χ4n) is 1.61. The van der Waals surface area contributed by atoms with Crippen molar-refractivity contribution in [1.82, 2.24) is 5.32 Å². The lowest BCUT2D eigenvalue weighted by molar-refractivity contribution is -0.139. The van der Waals surface area contributed by atoms with E-state index in [1.54, 1.807) is 25.3 Å². The molecule has 1 aromatic carbocycles. The van der Waals surface area contributed by atoms with Crippen LogP contribution in [0.2, 0.25) is 0 Å². The van der Waals surface area contributed by atoms with Crippen molar-refractivity contribution in [2.75, 3.05) is 12.4 Å². The first-order valence-corrected chi connectivity index (χ1v) is 6.03. The Balaban J connectivity index is 2.70. The van der Waals surface area contributed by atoms with Gasteiger partial charge in [0, 0.05) is 5.69 Å². The van der Waals surface area contributed by atoms with Gasteiger partial charge in [-0.2, -0.15) is 0 Å². The van der Waals surface area contributed by atoms with Crippen molar-refractivity contribution in [2.24, 2.45) is 0 Å². The van der Waals surface area contributed by atoms with Gasteiger partial charge in [-0.3, -0.25) is 0 Å². The molecular weight excluding hydrogens is 260 g/mol. The number of hydrogen-bond acceptors (Lipinski definition) is 3. The third kappa shape index (κ3) is 4.31. The van der Waals surface area contributed by atoms with Gasteiger partial charge in [0.05, 0.1) is 7.11 Å². The van der Waals surface area contributed by atoms with Gasteiger partial charge in [-0.1, -0.05) is 6.08 Å². The van der Waals surface area contributed by atoms with E-state index in [-0.39, 0.29) is 6.42 Å². The predicted molar refractivity (Wildman–Crippen MR) is 76.1 cm³/mol. The van der Waals surface area contributed by atoms with Crippen molar-refractivity contribution in [3.8, 4) is 5.75 Å². The van der Waals surface area contributed by atoms with E-state index in [0.717, 1.165) is 5.56 Å². The van der Waals surface area contributed by atoms with Crippen LogP contribution in [0.4, 0.5) is 10.5 Å². The zero-order chi connectivity index (χ0) is 15.1. The number of methoxy groups -OCH3 is 1. The number of carbonyl (C=O) groups is 2. The highest BCUT2D eigenvalue weighted by molar-refractivity contribution is 5.93. The summed E-state index contributed by atoms with van der Waals surface area (Å²) in [4.78, 5) is 22.7. The van der Waals surface area contributed by atoms with Gasteiger partial charge in [-0.25, -0.2) is 9.59 Å². The summed E-state index contributed by atoms with van der Waals surface area (Å²) in [5.74, 6) is -0.421. The van der Waals surface area contributed by atoms with E-state index in [4.69, 9.17) is 9.84 Å². The molecule has 1 unspecified atom stereocenters. The maximum Gasteiger partial charge on any atom is 0.326 e. The second-order valence-electron chi connectivity index (χ2n) is 4.19. The number of amides is 2. The van der Waals surface area contributed by atoms with Crippen LogP contribution < -0.4 is 15.4 Å². The molecule has 108 valence electrons. The predicted octanol–water partition coefficient (Wildman–Crippen LogP) is 2.15. The Kier molecular flexibility index (Phi) is 5.58. The number of anilines is 1. The molecule has 0 aliphatic heterocycles. The van der Waals surface area contributed by atoms with E-state index < -0.39 is 18.0 Å². The van der Waals surface area contributed by atoms with Crippen molar-refractivity contribution in [3.63, 3.8) is 0 Å². The minimum atomic E-state index is -1.11. The van der Waals surface area contributed by atoms with Gasteiger partial charge in [0.25, 0.3) is 0 Å². The van der Waals surface area contributed by atoms with Crippen LogP contribution >= 0.6 is 0 Å². The van der Waals surface area contributed by atoms with E-state index in [1.807, 2.05) is 6.92 Å². The number of aliphatic carboxylic acids is 1. The van der Waals surface area contributed by atoms with Gasteiger partial charge < -0.3 is 20.5 Å². The van der Waals surface area contributed by atoms with Crippen LogP contribution in [0.5, 0.6) is 5.75 Å². The van der Waals surface area contributed by atoms with E-state index in [2.05, 4.69) is 17.2 Å². The molecule has 2 amide bonds. The Bertz CT molecular complexity index is 514. The van der Waals surface area contributed by atoms with E-state index in [0.29, 0.717) is 11.4 Å². The first-order chi connectivity index (χ1) is 9.47. The van der Waals surface area contributed by atoms with Crippen LogP contribution in [0, 0.1) is 6.92 Å². The molecule has 1 rings (SSSR count). The molecule has 0 saturated heterocycles. The Morgan fingerprint density at radius 2 is 2.20 bits per heavy atom. The van der Waals surface area contributed by atoms with Crippen molar-refractivity contribution in [3.05, 3.63) is 36.4 Å². The van der Waals surface area contributed by atoms with Gasteiger partial charge in [0.2, 0.25) is 0 Å². The molecule has 0 heterocycles. The second kappa shape index (κ2) is 7.18. The molecule has 0 radical (unpaired) electrons. The van der Waals surface area contributed by atoms with Gasteiger partial charge in [0.15, 0.2) is 0 Å². The smallest absolute Gasteiger partial charge is 0.326 e. The molecule has 6 heteroatoms. The molecule has 0 fully saturated rings. The lowest BCUT2D eigenvalue weighted by Crippen LogP contribution is -2.42. The van der Waals surface area contributed by atoms with E-state index in [1.165, 1.54) is 6.08 Å². The lowest BCUT2D eigenvalue weighted by atomic mass is 10.2. The Hall–Kier alpha value is -2.50. The normalized spacial score (nSPS) is 11.3. The number of benzene rings is 1. The quantitative estimate of drug-likeness (QED) is 0.696. The number of hydrogen-bond donors (Lipinski definition) is 3. The van der Waals surface area contributed by atoms with Crippen LogP contribution in [0.25, 0.3) is 0 Å². The monoisotopic (exact) mass is 278 g/mol. The Morgan fingerprint density at radius 1 is 1.50 bits per heavy atom. The van der Waals surface area contributed by atoms with Crippen LogP contribution in [0.15, 0.2) is 30.9 Å². The number of carbonyl (C=O) groups excluding carboxylic acids is 1. The third-order valence-electron chi connectivity index (χ3n) is 2.69. The molecule has 1 atom stereocenters.